The number of fused-ring (bicyclic) bond motifs is 1. The van der Waals surface area contributed by atoms with Gasteiger partial charge in [-0.3, -0.25) is 9.59 Å². The van der Waals surface area contributed by atoms with Crippen molar-refractivity contribution < 1.29 is 14.3 Å². The number of nitrogens with zero attached hydrogens (tertiary/aromatic N) is 4. The molecule has 36 heavy (non-hydrogen) atoms. The zero-order valence-corrected chi connectivity index (χ0v) is 20.9. The molecule has 0 unspecified atom stereocenters. The van der Waals surface area contributed by atoms with E-state index < -0.39 is 0 Å². The summed E-state index contributed by atoms with van der Waals surface area (Å²) in [6.45, 7) is 5.26. The number of anilines is 1. The van der Waals surface area contributed by atoms with Crippen LogP contribution in [0.2, 0.25) is 0 Å². The molecule has 9 nitrogen and oxygen atoms in total. The van der Waals surface area contributed by atoms with Crippen LogP contribution in [0.5, 0.6) is 0 Å². The molecule has 6 rings (SSSR count). The van der Waals surface area contributed by atoms with Crippen LogP contribution in [0.25, 0.3) is 22.3 Å². The summed E-state index contributed by atoms with van der Waals surface area (Å²) in [7, 11) is 1.68. The van der Waals surface area contributed by atoms with E-state index in [-0.39, 0.29) is 17.9 Å². The molecule has 0 spiro atoms. The first kappa shape index (κ1) is 22.9. The number of carbonyl (C=O) groups excluding carboxylic acids is 2. The van der Waals surface area contributed by atoms with E-state index in [0.29, 0.717) is 35.3 Å². The molecule has 10 heteroatoms. The summed E-state index contributed by atoms with van der Waals surface area (Å²) >= 11 is 1.46. The van der Waals surface area contributed by atoms with Crippen molar-refractivity contribution in [2.24, 2.45) is 0 Å². The molecule has 3 aliphatic rings. The molecule has 1 aliphatic carbocycles. The lowest BCUT2D eigenvalue weighted by atomic mass is 10.1. The number of likely N-dealkylation sites (tertiary alicyclic amines) is 1. The Morgan fingerprint density at radius 3 is 2.97 bits per heavy atom. The van der Waals surface area contributed by atoms with E-state index in [1.54, 1.807) is 17.8 Å². The van der Waals surface area contributed by atoms with Crippen molar-refractivity contribution >= 4 is 40.7 Å². The van der Waals surface area contributed by atoms with Gasteiger partial charge in [-0.05, 0) is 49.5 Å². The van der Waals surface area contributed by atoms with Crippen LogP contribution >= 0.6 is 11.3 Å². The summed E-state index contributed by atoms with van der Waals surface area (Å²) in [5, 5.41) is 10.9. The molecule has 2 N–H and O–H groups in total. The number of amides is 2. The number of nitrogens with one attached hydrogen (secondary N) is 2. The highest BCUT2D eigenvalue weighted by molar-refractivity contribution is 7.17. The molecule has 2 aliphatic heterocycles. The Morgan fingerprint density at radius 2 is 2.22 bits per heavy atom. The van der Waals surface area contributed by atoms with Crippen LogP contribution in [0.1, 0.15) is 47.3 Å². The molecular formula is C26H28N6O3S. The quantitative estimate of drug-likeness (QED) is 0.509. The van der Waals surface area contributed by atoms with Crippen molar-refractivity contribution in [3.63, 3.8) is 0 Å². The van der Waals surface area contributed by atoms with Gasteiger partial charge < -0.3 is 20.3 Å². The van der Waals surface area contributed by atoms with Crippen LogP contribution in [0.15, 0.2) is 42.2 Å². The first-order valence-corrected chi connectivity index (χ1v) is 13.1. The smallest absolute Gasteiger partial charge is 0.264 e. The number of hydrogen-bond donors (Lipinski definition) is 2. The molecule has 2 saturated heterocycles. The third-order valence-electron chi connectivity index (χ3n) is 6.85. The number of carbonyl (C=O) groups is 2. The molecule has 5 heterocycles. The van der Waals surface area contributed by atoms with E-state index in [4.69, 9.17) is 9.72 Å². The molecule has 0 aromatic carbocycles. The van der Waals surface area contributed by atoms with Gasteiger partial charge >= 0.3 is 0 Å². The minimum atomic E-state index is -0.0611. The summed E-state index contributed by atoms with van der Waals surface area (Å²) in [6, 6.07) is 6.42. The summed E-state index contributed by atoms with van der Waals surface area (Å²) in [5.74, 6) is 0.853. The fourth-order valence-electron chi connectivity index (χ4n) is 4.85. The topological polar surface area (TPSA) is 101 Å². The highest BCUT2D eigenvalue weighted by atomic mass is 32.1. The lowest BCUT2D eigenvalue weighted by molar-refractivity contribution is -0.118. The summed E-state index contributed by atoms with van der Waals surface area (Å²) in [5.41, 5.74) is 3.73. The first-order valence-electron chi connectivity index (χ1n) is 12.3. The second-order valence-corrected chi connectivity index (χ2v) is 10.7. The van der Waals surface area contributed by atoms with E-state index in [1.807, 2.05) is 29.2 Å². The van der Waals surface area contributed by atoms with Crippen LogP contribution < -0.4 is 10.6 Å². The minimum absolute atomic E-state index is 0.0508. The standard InChI is InChI=1S/C26H28N6O3S/c1-15-16(11-24(33)28-15)10-17-13-27-32-23(29-18-5-6-18)12-20(30-25(17)32)21-7-8-22(36-21)26(34)31-9-3-4-19(31)14-35-2/h7-8,10,12-13,18-19,29H,1,3-6,9,11,14H2,2H3,(H,28,33)/b16-10+/t19-/m0/s1. The summed E-state index contributed by atoms with van der Waals surface area (Å²) in [4.78, 5) is 33.5. The average Bonchev–Trinajstić information content (AvgIpc) is 3.24. The third-order valence-corrected chi connectivity index (χ3v) is 7.95. The SMILES string of the molecule is C=C1NC(=O)C/C1=C\c1cnn2c(NC3CC3)cc(-c3ccc(C(=O)N4CCC[C@H]4COC)s3)nc12. The van der Waals surface area contributed by atoms with Crippen LogP contribution in [-0.4, -0.2) is 63.7 Å². The number of ether oxygens (including phenoxy) is 1. The highest BCUT2D eigenvalue weighted by Gasteiger charge is 2.30. The zero-order valence-electron chi connectivity index (χ0n) is 20.1. The predicted octanol–water partition coefficient (Wildman–Crippen LogP) is 3.70. The maximum atomic E-state index is 13.3. The molecule has 0 bridgehead atoms. The molecule has 1 atom stereocenters. The van der Waals surface area contributed by atoms with Gasteiger partial charge in [-0.2, -0.15) is 9.61 Å². The predicted molar refractivity (Wildman–Crippen MR) is 139 cm³/mol. The van der Waals surface area contributed by atoms with Gasteiger partial charge in [-0.15, -0.1) is 11.3 Å². The number of aromatic nitrogens is 3. The van der Waals surface area contributed by atoms with Crippen molar-refractivity contribution in [1.82, 2.24) is 24.8 Å². The number of methoxy groups -OCH3 is 1. The van der Waals surface area contributed by atoms with E-state index in [9.17, 15) is 9.59 Å². The number of rotatable bonds is 7. The Bertz CT molecular complexity index is 1400. The minimum Gasteiger partial charge on any atom is -0.383 e. The largest absolute Gasteiger partial charge is 0.383 e. The second-order valence-electron chi connectivity index (χ2n) is 9.57. The second kappa shape index (κ2) is 9.18. The monoisotopic (exact) mass is 504 g/mol. The first-order chi connectivity index (χ1) is 17.5. The Kier molecular flexibility index (Phi) is 5.85. The molecule has 3 aromatic heterocycles. The van der Waals surface area contributed by atoms with E-state index in [2.05, 4.69) is 22.3 Å². The van der Waals surface area contributed by atoms with E-state index in [1.165, 1.54) is 11.3 Å². The van der Waals surface area contributed by atoms with Crippen molar-refractivity contribution in [1.29, 1.82) is 0 Å². The lowest BCUT2D eigenvalue weighted by Crippen LogP contribution is -2.37. The van der Waals surface area contributed by atoms with Gasteiger partial charge in [0.1, 0.15) is 5.82 Å². The normalized spacial score (nSPS) is 21.1. The summed E-state index contributed by atoms with van der Waals surface area (Å²) in [6.07, 6.45) is 8.20. The van der Waals surface area contributed by atoms with Crippen LogP contribution in [0.4, 0.5) is 5.82 Å². The van der Waals surface area contributed by atoms with Crippen LogP contribution in [0.3, 0.4) is 0 Å². The van der Waals surface area contributed by atoms with Gasteiger partial charge in [-0.25, -0.2) is 4.98 Å². The van der Waals surface area contributed by atoms with E-state index in [0.717, 1.165) is 59.8 Å². The maximum absolute atomic E-state index is 13.3. The molecule has 3 fully saturated rings. The fourth-order valence-corrected chi connectivity index (χ4v) is 5.77. The Hall–Kier alpha value is -3.50. The van der Waals surface area contributed by atoms with Crippen molar-refractivity contribution in [3.8, 4) is 10.6 Å². The van der Waals surface area contributed by atoms with Crippen molar-refractivity contribution in [3.05, 3.63) is 52.7 Å². The number of thiophene rings is 1. The summed E-state index contributed by atoms with van der Waals surface area (Å²) < 4.78 is 7.13. The fraction of sp³-hybridized carbons (Fsp3) is 0.385. The van der Waals surface area contributed by atoms with Crippen LogP contribution in [-0.2, 0) is 9.53 Å². The van der Waals surface area contributed by atoms with Gasteiger partial charge in [0, 0.05) is 37.0 Å². The molecule has 2 amide bonds. The number of allylic oxidation sites excluding steroid dienone is 1. The third kappa shape index (κ3) is 4.31. The Morgan fingerprint density at radius 1 is 1.36 bits per heavy atom. The highest BCUT2D eigenvalue weighted by Crippen LogP contribution is 2.34. The van der Waals surface area contributed by atoms with Gasteiger partial charge in [-0.1, -0.05) is 6.58 Å². The zero-order chi connectivity index (χ0) is 24.8. The van der Waals surface area contributed by atoms with Gasteiger partial charge in [0.05, 0.1) is 40.7 Å². The van der Waals surface area contributed by atoms with Crippen molar-refractivity contribution in [2.45, 2.75) is 44.2 Å². The molecule has 186 valence electrons. The maximum Gasteiger partial charge on any atom is 0.264 e. The molecule has 1 saturated carbocycles. The number of hydrogen-bond acceptors (Lipinski definition) is 7. The molecule has 0 radical (unpaired) electrons. The van der Waals surface area contributed by atoms with E-state index >= 15 is 0 Å². The Balaban J connectivity index is 1.36. The van der Waals surface area contributed by atoms with Gasteiger partial charge in [0.15, 0.2) is 5.65 Å². The van der Waals surface area contributed by atoms with Gasteiger partial charge in [0.25, 0.3) is 5.91 Å². The van der Waals surface area contributed by atoms with Crippen LogP contribution in [0, 0.1) is 0 Å². The van der Waals surface area contributed by atoms with Gasteiger partial charge in [0.2, 0.25) is 5.91 Å². The van der Waals surface area contributed by atoms with Crippen molar-refractivity contribution in [2.75, 3.05) is 25.6 Å². The molecular weight excluding hydrogens is 476 g/mol. The molecule has 3 aromatic rings. The lowest BCUT2D eigenvalue weighted by Gasteiger charge is -2.23. The average molecular weight is 505 g/mol. The Labute approximate surface area is 212 Å².